The second kappa shape index (κ2) is 3.30. The SMILES string of the molecule is CCc1cc(=O)c(OC)cn1O. The van der Waals surface area contributed by atoms with Gasteiger partial charge in [0.05, 0.1) is 19.0 Å². The summed E-state index contributed by atoms with van der Waals surface area (Å²) in [5.74, 6) is 0.148. The van der Waals surface area contributed by atoms with E-state index in [2.05, 4.69) is 0 Å². The molecule has 12 heavy (non-hydrogen) atoms. The molecule has 0 atom stereocenters. The zero-order valence-electron chi connectivity index (χ0n) is 7.07. The summed E-state index contributed by atoms with van der Waals surface area (Å²) in [6, 6.07) is 1.36. The summed E-state index contributed by atoms with van der Waals surface area (Å²) in [6.07, 6.45) is 1.87. The molecular formula is C8H11NO3. The van der Waals surface area contributed by atoms with Crippen LogP contribution in [0.5, 0.6) is 5.75 Å². The van der Waals surface area contributed by atoms with Gasteiger partial charge in [-0.2, -0.15) is 4.73 Å². The van der Waals surface area contributed by atoms with Gasteiger partial charge in [0.25, 0.3) is 0 Å². The Labute approximate surface area is 70.0 Å². The minimum Gasteiger partial charge on any atom is -0.491 e. The highest BCUT2D eigenvalue weighted by Crippen LogP contribution is 2.04. The molecule has 0 unspecified atom stereocenters. The number of aromatic nitrogens is 1. The second-order valence-corrected chi connectivity index (χ2v) is 2.40. The number of nitrogens with zero attached hydrogens (tertiary/aromatic N) is 1. The molecule has 0 spiro atoms. The van der Waals surface area contributed by atoms with Crippen molar-refractivity contribution >= 4 is 0 Å². The molecule has 1 heterocycles. The summed E-state index contributed by atoms with van der Waals surface area (Å²) < 4.78 is 5.63. The van der Waals surface area contributed by atoms with Gasteiger partial charge in [0.1, 0.15) is 0 Å². The van der Waals surface area contributed by atoms with Crippen molar-refractivity contribution in [1.82, 2.24) is 4.73 Å². The first kappa shape index (κ1) is 8.64. The molecule has 0 amide bonds. The molecule has 4 heteroatoms. The fourth-order valence-corrected chi connectivity index (χ4v) is 0.964. The Morgan fingerprint density at radius 3 is 2.83 bits per heavy atom. The van der Waals surface area contributed by atoms with Crippen molar-refractivity contribution < 1.29 is 9.94 Å². The smallest absolute Gasteiger partial charge is 0.223 e. The number of ether oxygens (including phenoxy) is 1. The molecule has 0 fully saturated rings. The van der Waals surface area contributed by atoms with Gasteiger partial charge < -0.3 is 9.94 Å². The quantitative estimate of drug-likeness (QED) is 0.661. The van der Waals surface area contributed by atoms with Crippen LogP contribution in [0.1, 0.15) is 12.6 Å². The van der Waals surface area contributed by atoms with Crippen LogP contribution in [0.2, 0.25) is 0 Å². The summed E-state index contributed by atoms with van der Waals surface area (Å²) in [6.45, 7) is 1.86. The van der Waals surface area contributed by atoms with Crippen molar-refractivity contribution in [3.63, 3.8) is 0 Å². The first-order valence-electron chi connectivity index (χ1n) is 3.67. The minimum absolute atomic E-state index is 0.148. The lowest BCUT2D eigenvalue weighted by Crippen LogP contribution is -2.12. The van der Waals surface area contributed by atoms with Crippen molar-refractivity contribution in [1.29, 1.82) is 0 Å². The van der Waals surface area contributed by atoms with Crippen molar-refractivity contribution in [3.05, 3.63) is 28.2 Å². The second-order valence-electron chi connectivity index (χ2n) is 2.40. The van der Waals surface area contributed by atoms with E-state index >= 15 is 0 Å². The molecule has 0 aliphatic rings. The standard InChI is InChI=1S/C8H11NO3/c1-3-6-4-7(10)8(12-2)5-9(6)11/h4-5,11H,3H2,1-2H3. The number of pyridine rings is 1. The molecule has 0 bridgehead atoms. The molecule has 0 aliphatic heterocycles. The Hall–Kier alpha value is -1.45. The fraction of sp³-hybridized carbons (Fsp3) is 0.375. The molecule has 1 aromatic rings. The number of hydrogen-bond donors (Lipinski definition) is 1. The number of rotatable bonds is 2. The van der Waals surface area contributed by atoms with Gasteiger partial charge in [0, 0.05) is 6.07 Å². The third kappa shape index (κ3) is 1.42. The van der Waals surface area contributed by atoms with Crippen LogP contribution in [0.4, 0.5) is 0 Å². The van der Waals surface area contributed by atoms with Crippen molar-refractivity contribution in [2.45, 2.75) is 13.3 Å². The summed E-state index contributed by atoms with van der Waals surface area (Å²) in [5, 5.41) is 9.24. The van der Waals surface area contributed by atoms with Gasteiger partial charge in [-0.1, -0.05) is 6.92 Å². The van der Waals surface area contributed by atoms with Crippen molar-refractivity contribution in [3.8, 4) is 5.75 Å². The first-order chi connectivity index (χ1) is 5.69. The molecule has 1 N–H and O–H groups in total. The van der Waals surface area contributed by atoms with E-state index in [0.717, 1.165) is 4.73 Å². The van der Waals surface area contributed by atoms with Gasteiger partial charge in [-0.05, 0) is 6.42 Å². The maximum atomic E-state index is 11.1. The average molecular weight is 169 g/mol. The number of methoxy groups -OCH3 is 1. The predicted octanol–water partition coefficient (Wildman–Crippen LogP) is 0.657. The van der Waals surface area contributed by atoms with Crippen molar-refractivity contribution in [2.75, 3.05) is 7.11 Å². The van der Waals surface area contributed by atoms with Crippen LogP contribution < -0.4 is 10.2 Å². The summed E-state index contributed by atoms with van der Waals surface area (Å²) in [5.41, 5.74) is 0.362. The van der Waals surface area contributed by atoms with E-state index in [4.69, 9.17) is 4.74 Å². The van der Waals surface area contributed by atoms with E-state index in [1.807, 2.05) is 6.92 Å². The minimum atomic E-state index is -0.209. The maximum Gasteiger partial charge on any atom is 0.223 e. The zero-order valence-corrected chi connectivity index (χ0v) is 7.07. The lowest BCUT2D eigenvalue weighted by molar-refractivity contribution is 0.171. The molecule has 1 aromatic heterocycles. The first-order valence-corrected chi connectivity index (χ1v) is 3.67. The molecule has 0 aromatic carbocycles. The predicted molar refractivity (Wildman–Crippen MR) is 43.8 cm³/mol. The van der Waals surface area contributed by atoms with Crippen LogP contribution in [0.3, 0.4) is 0 Å². The normalized spacial score (nSPS) is 9.83. The Bertz CT molecular complexity index is 330. The fourth-order valence-electron chi connectivity index (χ4n) is 0.964. The highest BCUT2D eigenvalue weighted by Gasteiger charge is 2.03. The topological polar surface area (TPSA) is 51.5 Å². The zero-order chi connectivity index (χ0) is 9.14. The maximum absolute atomic E-state index is 11.1. The summed E-state index contributed by atoms with van der Waals surface area (Å²) in [7, 11) is 1.39. The monoisotopic (exact) mass is 169 g/mol. The van der Waals surface area contributed by atoms with Crippen LogP contribution in [0, 0.1) is 0 Å². The van der Waals surface area contributed by atoms with E-state index < -0.39 is 0 Å². The molecule has 1 rings (SSSR count). The van der Waals surface area contributed by atoms with E-state index in [-0.39, 0.29) is 11.2 Å². The molecule has 66 valence electrons. The van der Waals surface area contributed by atoms with Gasteiger partial charge in [-0.3, -0.25) is 4.79 Å². The third-order valence-corrected chi connectivity index (χ3v) is 1.66. The lowest BCUT2D eigenvalue weighted by atomic mass is 10.3. The lowest BCUT2D eigenvalue weighted by Gasteiger charge is -2.05. The van der Waals surface area contributed by atoms with E-state index in [9.17, 15) is 10.0 Å². The van der Waals surface area contributed by atoms with Gasteiger partial charge in [-0.25, -0.2) is 0 Å². The number of aryl methyl sites for hydroxylation is 1. The van der Waals surface area contributed by atoms with Crippen LogP contribution in [-0.2, 0) is 6.42 Å². The van der Waals surface area contributed by atoms with E-state index in [1.54, 1.807) is 0 Å². The molecule has 0 aliphatic carbocycles. The number of hydrogen-bond acceptors (Lipinski definition) is 3. The van der Waals surface area contributed by atoms with Crippen LogP contribution in [0.25, 0.3) is 0 Å². The largest absolute Gasteiger partial charge is 0.491 e. The summed E-state index contributed by atoms with van der Waals surface area (Å²) >= 11 is 0. The highest BCUT2D eigenvalue weighted by molar-refractivity contribution is 5.20. The summed E-state index contributed by atoms with van der Waals surface area (Å²) in [4.78, 5) is 11.1. The Balaban J connectivity index is 3.26. The van der Waals surface area contributed by atoms with Crippen LogP contribution >= 0.6 is 0 Å². The molecule has 0 saturated heterocycles. The Morgan fingerprint density at radius 1 is 1.67 bits per heavy atom. The van der Waals surface area contributed by atoms with E-state index in [1.165, 1.54) is 19.4 Å². The van der Waals surface area contributed by atoms with Crippen molar-refractivity contribution in [2.24, 2.45) is 0 Å². The third-order valence-electron chi connectivity index (χ3n) is 1.66. The molecular weight excluding hydrogens is 158 g/mol. The molecule has 0 saturated carbocycles. The molecule has 0 radical (unpaired) electrons. The van der Waals surface area contributed by atoms with Gasteiger partial charge in [-0.15, -0.1) is 0 Å². The van der Waals surface area contributed by atoms with Crippen LogP contribution in [-0.4, -0.2) is 17.0 Å². The highest BCUT2D eigenvalue weighted by atomic mass is 16.5. The van der Waals surface area contributed by atoms with E-state index in [0.29, 0.717) is 12.1 Å². The Morgan fingerprint density at radius 2 is 2.33 bits per heavy atom. The van der Waals surface area contributed by atoms with Gasteiger partial charge in [0.15, 0.2) is 5.75 Å². The Kier molecular flexibility index (Phi) is 2.38. The van der Waals surface area contributed by atoms with Crippen LogP contribution in [0.15, 0.2) is 17.1 Å². The average Bonchev–Trinajstić information content (AvgIpc) is 2.08. The van der Waals surface area contributed by atoms with Gasteiger partial charge >= 0.3 is 0 Å². The molecule has 4 nitrogen and oxygen atoms in total. The van der Waals surface area contributed by atoms with Gasteiger partial charge in [0.2, 0.25) is 5.43 Å².